The molecule has 0 spiro atoms. The third-order valence-corrected chi connectivity index (χ3v) is 6.60. The second-order valence-electron chi connectivity index (χ2n) is 8.14. The van der Waals surface area contributed by atoms with Gasteiger partial charge in [-0.15, -0.1) is 0 Å². The number of non-ortho nitro benzene ring substituents is 1. The summed E-state index contributed by atoms with van der Waals surface area (Å²) in [5.74, 6) is -0.612. The van der Waals surface area contributed by atoms with Gasteiger partial charge < -0.3 is 9.64 Å². The molecule has 4 rings (SSSR count). The molecule has 9 nitrogen and oxygen atoms in total. The lowest BCUT2D eigenvalue weighted by Gasteiger charge is -2.24. The van der Waals surface area contributed by atoms with Crippen LogP contribution < -0.4 is 19.8 Å². The molecule has 2 aromatic carbocycles. The summed E-state index contributed by atoms with van der Waals surface area (Å²) in [6, 6.07) is 12.8. The molecule has 1 aliphatic heterocycles. The Labute approximate surface area is 205 Å². The van der Waals surface area contributed by atoms with E-state index in [0.717, 1.165) is 11.3 Å². The summed E-state index contributed by atoms with van der Waals surface area (Å²) in [5, 5.41) is 11.4. The van der Waals surface area contributed by atoms with Crippen LogP contribution >= 0.6 is 11.3 Å². The number of fused-ring (bicyclic) bond motifs is 1. The first kappa shape index (κ1) is 24.1. The first-order chi connectivity index (χ1) is 16.7. The highest BCUT2D eigenvalue weighted by molar-refractivity contribution is 7.07. The van der Waals surface area contributed by atoms with Gasteiger partial charge in [-0.1, -0.05) is 35.6 Å². The Morgan fingerprint density at radius 1 is 1.26 bits per heavy atom. The summed E-state index contributed by atoms with van der Waals surface area (Å²) in [4.78, 5) is 44.3. The van der Waals surface area contributed by atoms with E-state index in [0.29, 0.717) is 20.6 Å². The summed E-state index contributed by atoms with van der Waals surface area (Å²) in [5.41, 5.74) is 2.42. The molecule has 0 N–H and O–H groups in total. The minimum absolute atomic E-state index is 0.136. The summed E-state index contributed by atoms with van der Waals surface area (Å²) in [6.45, 7) is 3.51. The number of hydrogen-bond donors (Lipinski definition) is 0. The summed E-state index contributed by atoms with van der Waals surface area (Å²) in [7, 11) is 3.90. The number of carbonyl (C=O) groups is 1. The molecule has 10 heteroatoms. The molecule has 1 aromatic heterocycles. The van der Waals surface area contributed by atoms with Crippen LogP contribution in [0.25, 0.3) is 6.08 Å². The number of nitrogens with zero attached hydrogens (tertiary/aromatic N) is 4. The number of rotatable bonds is 6. The predicted molar refractivity (Wildman–Crippen MR) is 134 cm³/mol. The molecule has 3 aromatic rings. The highest BCUT2D eigenvalue weighted by Gasteiger charge is 2.34. The molecule has 180 valence electrons. The van der Waals surface area contributed by atoms with Crippen LogP contribution in [0, 0.1) is 10.1 Å². The number of nitro groups is 1. The Bertz CT molecular complexity index is 1520. The monoisotopic (exact) mass is 492 g/mol. The molecular formula is C25H24N4O5S. The van der Waals surface area contributed by atoms with Crippen LogP contribution in [-0.2, 0) is 9.53 Å². The Hall–Kier alpha value is -4.05. The first-order valence-corrected chi connectivity index (χ1v) is 11.7. The van der Waals surface area contributed by atoms with Crippen molar-refractivity contribution in [1.29, 1.82) is 0 Å². The number of allylic oxidation sites excluding steroid dienone is 1. The fourth-order valence-corrected chi connectivity index (χ4v) is 4.98. The molecule has 0 amide bonds. The normalized spacial score (nSPS) is 15.4. The summed E-state index contributed by atoms with van der Waals surface area (Å²) >= 11 is 1.20. The molecule has 1 aliphatic rings. The number of carbonyl (C=O) groups excluding carboxylic acids is 1. The molecule has 0 bridgehead atoms. The zero-order valence-corrected chi connectivity index (χ0v) is 20.5. The molecule has 0 fully saturated rings. The first-order valence-electron chi connectivity index (χ1n) is 10.9. The maximum Gasteiger partial charge on any atom is 0.338 e. The van der Waals surface area contributed by atoms with Crippen molar-refractivity contribution in [2.24, 2.45) is 4.99 Å². The SMILES string of the molecule is CCOC(=O)C1=C(C)N=c2sc(=Cc3ccc(N(C)C)cc3)c(=O)n2C1c1cccc([N+](=O)[O-])c1. The van der Waals surface area contributed by atoms with E-state index < -0.39 is 16.9 Å². The van der Waals surface area contributed by atoms with Gasteiger partial charge in [0.25, 0.3) is 11.2 Å². The minimum atomic E-state index is -0.900. The number of thiazole rings is 1. The van der Waals surface area contributed by atoms with Crippen molar-refractivity contribution in [1.82, 2.24) is 4.57 Å². The average Bonchev–Trinajstić information content (AvgIpc) is 3.13. The van der Waals surface area contributed by atoms with Gasteiger partial charge in [0.05, 0.1) is 33.4 Å². The highest BCUT2D eigenvalue weighted by Crippen LogP contribution is 2.32. The molecule has 0 saturated carbocycles. The number of aromatic nitrogens is 1. The molecular weight excluding hydrogens is 468 g/mol. The zero-order valence-electron chi connectivity index (χ0n) is 19.7. The van der Waals surface area contributed by atoms with Gasteiger partial charge in [0.1, 0.15) is 0 Å². The van der Waals surface area contributed by atoms with Crippen molar-refractivity contribution in [3.05, 3.63) is 101 Å². The minimum Gasteiger partial charge on any atom is -0.463 e. The van der Waals surface area contributed by atoms with Crippen molar-refractivity contribution >= 4 is 34.8 Å². The molecule has 2 heterocycles. The van der Waals surface area contributed by atoms with Crippen LogP contribution in [0.3, 0.4) is 0 Å². The van der Waals surface area contributed by atoms with Gasteiger partial charge in [0, 0.05) is 31.9 Å². The topological polar surface area (TPSA) is 107 Å². The average molecular weight is 493 g/mol. The Kier molecular flexibility index (Phi) is 6.65. The van der Waals surface area contributed by atoms with Gasteiger partial charge >= 0.3 is 5.97 Å². The smallest absolute Gasteiger partial charge is 0.338 e. The van der Waals surface area contributed by atoms with Crippen LogP contribution in [0.15, 0.2) is 69.6 Å². The molecule has 35 heavy (non-hydrogen) atoms. The van der Waals surface area contributed by atoms with Crippen molar-refractivity contribution in [2.45, 2.75) is 19.9 Å². The number of hydrogen-bond acceptors (Lipinski definition) is 8. The number of ether oxygens (including phenoxy) is 1. The third-order valence-electron chi connectivity index (χ3n) is 5.62. The van der Waals surface area contributed by atoms with Gasteiger partial charge in [-0.05, 0) is 43.2 Å². The van der Waals surface area contributed by atoms with Gasteiger partial charge in [0.15, 0.2) is 4.80 Å². The van der Waals surface area contributed by atoms with E-state index in [9.17, 15) is 19.7 Å². The zero-order chi connectivity index (χ0) is 25.3. The number of anilines is 1. The molecule has 0 radical (unpaired) electrons. The van der Waals surface area contributed by atoms with E-state index in [1.54, 1.807) is 26.0 Å². The largest absolute Gasteiger partial charge is 0.463 e. The van der Waals surface area contributed by atoms with Gasteiger partial charge in [-0.25, -0.2) is 9.79 Å². The van der Waals surface area contributed by atoms with Gasteiger partial charge in [0.2, 0.25) is 0 Å². The number of nitro benzene ring substituents is 1. The molecule has 0 saturated heterocycles. The van der Waals surface area contributed by atoms with Crippen LogP contribution in [0.4, 0.5) is 11.4 Å². The van der Waals surface area contributed by atoms with Crippen LogP contribution in [-0.4, -0.2) is 36.2 Å². The van der Waals surface area contributed by atoms with E-state index in [1.807, 2.05) is 43.3 Å². The quantitative estimate of drug-likeness (QED) is 0.298. The molecule has 0 aliphatic carbocycles. The highest BCUT2D eigenvalue weighted by atomic mass is 32.1. The van der Waals surface area contributed by atoms with Crippen molar-refractivity contribution < 1.29 is 14.5 Å². The van der Waals surface area contributed by atoms with E-state index in [2.05, 4.69) is 4.99 Å². The predicted octanol–water partition coefficient (Wildman–Crippen LogP) is 2.77. The van der Waals surface area contributed by atoms with Crippen molar-refractivity contribution in [3.63, 3.8) is 0 Å². The number of benzene rings is 2. The Balaban J connectivity index is 1.92. The van der Waals surface area contributed by atoms with Gasteiger partial charge in [-0.3, -0.25) is 19.5 Å². The second kappa shape index (κ2) is 9.67. The second-order valence-corrected chi connectivity index (χ2v) is 9.15. The summed E-state index contributed by atoms with van der Waals surface area (Å²) in [6.07, 6.45) is 1.77. The van der Waals surface area contributed by atoms with Crippen LogP contribution in [0.2, 0.25) is 0 Å². The fraction of sp³-hybridized carbons (Fsp3) is 0.240. The molecule has 1 unspecified atom stereocenters. The van der Waals surface area contributed by atoms with Crippen LogP contribution in [0.5, 0.6) is 0 Å². The van der Waals surface area contributed by atoms with Crippen molar-refractivity contribution in [3.8, 4) is 0 Å². The Morgan fingerprint density at radius 2 is 1.97 bits per heavy atom. The maximum absolute atomic E-state index is 13.6. The lowest BCUT2D eigenvalue weighted by molar-refractivity contribution is -0.384. The lowest BCUT2D eigenvalue weighted by Crippen LogP contribution is -2.40. The van der Waals surface area contributed by atoms with E-state index >= 15 is 0 Å². The van der Waals surface area contributed by atoms with E-state index in [1.165, 1.54) is 34.1 Å². The van der Waals surface area contributed by atoms with E-state index in [4.69, 9.17) is 4.74 Å². The summed E-state index contributed by atoms with van der Waals surface area (Å²) < 4.78 is 7.11. The standard InChI is InChI=1S/C25H24N4O5S/c1-5-34-24(31)21-15(2)26-25-28(22(21)17-7-6-8-19(14-17)29(32)33)23(30)20(35-25)13-16-9-11-18(12-10-16)27(3)4/h6-14,22H,5H2,1-4H3. The molecule has 1 atom stereocenters. The van der Waals surface area contributed by atoms with Gasteiger partial charge in [-0.2, -0.15) is 0 Å². The third kappa shape index (κ3) is 4.65. The van der Waals surface area contributed by atoms with Crippen molar-refractivity contribution in [2.75, 3.05) is 25.6 Å². The maximum atomic E-state index is 13.6. The van der Waals surface area contributed by atoms with Crippen LogP contribution in [0.1, 0.15) is 31.0 Å². The fourth-order valence-electron chi connectivity index (χ4n) is 3.94. The lowest BCUT2D eigenvalue weighted by atomic mass is 9.95. The van der Waals surface area contributed by atoms with E-state index in [-0.39, 0.29) is 23.4 Å². The Morgan fingerprint density at radius 3 is 2.60 bits per heavy atom. The number of esters is 1.